The molecule has 0 N–H and O–H groups in total. The van der Waals surface area contributed by atoms with Gasteiger partial charge in [0.05, 0.1) is 6.10 Å². The summed E-state index contributed by atoms with van der Waals surface area (Å²) in [6.45, 7) is 1.04. The Morgan fingerprint density at radius 1 is 1.12 bits per heavy atom. The fourth-order valence-corrected chi connectivity index (χ4v) is 1.92. The molecule has 0 radical (unpaired) electrons. The fourth-order valence-electron chi connectivity index (χ4n) is 1.92. The van der Waals surface area contributed by atoms with Crippen LogP contribution in [0.2, 0.25) is 0 Å². The van der Waals surface area contributed by atoms with Gasteiger partial charge >= 0.3 is 0 Å². The highest BCUT2D eigenvalue weighted by atomic mass is 16.5. The molecule has 0 spiro atoms. The molecule has 2 fully saturated rings. The fraction of sp³-hybridized carbons (Fsp3) is 1.00. The highest BCUT2D eigenvalue weighted by Gasteiger charge is 2.31. The summed E-state index contributed by atoms with van der Waals surface area (Å²) in [4.78, 5) is 0. The molecule has 1 unspecified atom stereocenters. The van der Waals surface area contributed by atoms with E-state index in [1.54, 1.807) is 0 Å². The molecule has 1 saturated carbocycles. The van der Waals surface area contributed by atoms with Crippen molar-refractivity contribution in [1.82, 2.24) is 0 Å². The molecule has 0 aromatic carbocycles. The molecular weight excluding hydrogens is 100 g/mol. The van der Waals surface area contributed by atoms with E-state index in [1.165, 1.54) is 25.7 Å². The lowest BCUT2D eigenvalue weighted by molar-refractivity contribution is 0.103. The zero-order valence-electron chi connectivity index (χ0n) is 5.10. The second-order valence-corrected chi connectivity index (χ2v) is 2.89. The van der Waals surface area contributed by atoms with Crippen LogP contribution in [0.25, 0.3) is 0 Å². The molecule has 46 valence electrons. The van der Waals surface area contributed by atoms with E-state index >= 15 is 0 Å². The number of hydrogen-bond donors (Lipinski definition) is 0. The summed E-state index contributed by atoms with van der Waals surface area (Å²) < 4.78 is 5.48. The number of fused-ring (bicyclic) bond motifs is 1. The number of rotatable bonds is 0. The molecule has 1 saturated heterocycles. The summed E-state index contributed by atoms with van der Waals surface area (Å²) in [5, 5.41) is 0. The summed E-state index contributed by atoms with van der Waals surface area (Å²) in [6, 6.07) is 0. The maximum Gasteiger partial charge on any atom is 0.0604 e. The average molecular weight is 112 g/mol. The Labute approximate surface area is 50.0 Å². The van der Waals surface area contributed by atoms with Gasteiger partial charge in [0.2, 0.25) is 0 Å². The summed E-state index contributed by atoms with van der Waals surface area (Å²) in [5.74, 6) is 0.954. The second-order valence-electron chi connectivity index (χ2n) is 2.89. The van der Waals surface area contributed by atoms with Crippen molar-refractivity contribution in [3.05, 3.63) is 0 Å². The molecule has 1 heterocycles. The van der Waals surface area contributed by atoms with Crippen LogP contribution < -0.4 is 0 Å². The maximum atomic E-state index is 5.48. The predicted molar refractivity (Wildman–Crippen MR) is 31.7 cm³/mol. The average Bonchev–Trinajstić information content (AvgIpc) is 2.15. The molecule has 1 nitrogen and oxygen atoms in total. The van der Waals surface area contributed by atoms with Gasteiger partial charge < -0.3 is 4.74 Å². The normalized spacial score (nSPS) is 45.0. The van der Waals surface area contributed by atoms with E-state index in [1.807, 2.05) is 0 Å². The van der Waals surface area contributed by atoms with Gasteiger partial charge in [0, 0.05) is 6.61 Å². The lowest BCUT2D eigenvalue weighted by Crippen LogP contribution is -2.06. The minimum atomic E-state index is 0.676. The van der Waals surface area contributed by atoms with Gasteiger partial charge in [-0.15, -0.1) is 0 Å². The maximum absolute atomic E-state index is 5.48. The van der Waals surface area contributed by atoms with Crippen molar-refractivity contribution >= 4 is 0 Å². The standard InChI is InChI=1S/C7H12O/c1-2-6-4-5-8-7(6)3-1/h6-7H,1-5H2/t6?,7-/m1/s1. The van der Waals surface area contributed by atoms with Crippen LogP contribution in [0.15, 0.2) is 0 Å². The van der Waals surface area contributed by atoms with Crippen molar-refractivity contribution in [2.75, 3.05) is 6.61 Å². The van der Waals surface area contributed by atoms with Crippen LogP contribution >= 0.6 is 0 Å². The van der Waals surface area contributed by atoms with E-state index in [0.717, 1.165) is 12.5 Å². The van der Waals surface area contributed by atoms with Crippen molar-refractivity contribution in [2.24, 2.45) is 5.92 Å². The molecule has 0 aromatic rings. The van der Waals surface area contributed by atoms with Crippen molar-refractivity contribution in [2.45, 2.75) is 31.8 Å². The largest absolute Gasteiger partial charge is 0.378 e. The van der Waals surface area contributed by atoms with Crippen LogP contribution in [-0.2, 0) is 4.74 Å². The Hall–Kier alpha value is -0.0400. The lowest BCUT2D eigenvalue weighted by Gasteiger charge is -2.04. The van der Waals surface area contributed by atoms with Gasteiger partial charge in [-0.2, -0.15) is 0 Å². The van der Waals surface area contributed by atoms with Crippen LogP contribution in [0.4, 0.5) is 0 Å². The second kappa shape index (κ2) is 1.73. The molecule has 1 aliphatic heterocycles. The smallest absolute Gasteiger partial charge is 0.0604 e. The molecular formula is C7H12O. The van der Waals surface area contributed by atoms with Crippen LogP contribution in [0, 0.1) is 5.92 Å². The van der Waals surface area contributed by atoms with E-state index in [-0.39, 0.29) is 0 Å². The number of hydrogen-bond acceptors (Lipinski definition) is 1. The van der Waals surface area contributed by atoms with Crippen LogP contribution in [-0.4, -0.2) is 12.7 Å². The minimum absolute atomic E-state index is 0.676. The van der Waals surface area contributed by atoms with Gasteiger partial charge in [-0.3, -0.25) is 0 Å². The first-order valence-corrected chi connectivity index (χ1v) is 3.58. The Kier molecular flexibility index (Phi) is 1.04. The van der Waals surface area contributed by atoms with Gasteiger partial charge in [-0.05, 0) is 25.2 Å². The summed E-state index contributed by atoms with van der Waals surface area (Å²) in [7, 11) is 0. The number of ether oxygens (including phenoxy) is 1. The molecule has 2 aliphatic rings. The van der Waals surface area contributed by atoms with E-state index in [0.29, 0.717) is 6.10 Å². The third-order valence-electron chi connectivity index (χ3n) is 2.41. The Balaban J connectivity index is 2.04. The molecule has 2 atom stereocenters. The highest BCUT2D eigenvalue weighted by Crippen LogP contribution is 2.35. The van der Waals surface area contributed by atoms with Gasteiger partial charge in [-0.25, -0.2) is 0 Å². The summed E-state index contributed by atoms with van der Waals surface area (Å²) in [5.41, 5.74) is 0. The van der Waals surface area contributed by atoms with E-state index in [2.05, 4.69) is 0 Å². The van der Waals surface area contributed by atoms with Gasteiger partial charge in [-0.1, -0.05) is 6.42 Å². The quantitative estimate of drug-likeness (QED) is 0.462. The van der Waals surface area contributed by atoms with Crippen LogP contribution in [0.1, 0.15) is 25.7 Å². The van der Waals surface area contributed by atoms with Crippen molar-refractivity contribution in [1.29, 1.82) is 0 Å². The van der Waals surface area contributed by atoms with Gasteiger partial charge in [0.1, 0.15) is 0 Å². The molecule has 0 aromatic heterocycles. The Morgan fingerprint density at radius 3 is 3.00 bits per heavy atom. The first-order valence-electron chi connectivity index (χ1n) is 3.58. The molecule has 2 rings (SSSR count). The monoisotopic (exact) mass is 112 g/mol. The molecule has 8 heavy (non-hydrogen) atoms. The minimum Gasteiger partial charge on any atom is -0.378 e. The van der Waals surface area contributed by atoms with Crippen molar-refractivity contribution in [3.63, 3.8) is 0 Å². The third kappa shape index (κ3) is 0.576. The Morgan fingerprint density at radius 2 is 2.12 bits per heavy atom. The van der Waals surface area contributed by atoms with Gasteiger partial charge in [0.15, 0.2) is 0 Å². The van der Waals surface area contributed by atoms with Crippen molar-refractivity contribution < 1.29 is 4.74 Å². The molecule has 1 aliphatic carbocycles. The predicted octanol–water partition coefficient (Wildman–Crippen LogP) is 1.58. The zero-order chi connectivity index (χ0) is 5.40. The van der Waals surface area contributed by atoms with Crippen LogP contribution in [0.5, 0.6) is 0 Å². The first kappa shape index (κ1) is 4.80. The molecule has 1 heteroatoms. The molecule has 0 amide bonds. The highest BCUT2D eigenvalue weighted by molar-refractivity contribution is 4.81. The zero-order valence-corrected chi connectivity index (χ0v) is 5.10. The SMILES string of the molecule is C1CC2CCO[C@@H]2C1. The molecule has 0 bridgehead atoms. The van der Waals surface area contributed by atoms with Gasteiger partial charge in [0.25, 0.3) is 0 Å². The lowest BCUT2D eigenvalue weighted by atomic mass is 10.1. The van der Waals surface area contributed by atoms with E-state index < -0.39 is 0 Å². The first-order chi connectivity index (χ1) is 3.97. The Bertz CT molecular complexity index is 70.4. The third-order valence-corrected chi connectivity index (χ3v) is 2.41. The topological polar surface area (TPSA) is 9.23 Å². The van der Waals surface area contributed by atoms with E-state index in [4.69, 9.17) is 4.74 Å². The van der Waals surface area contributed by atoms with Crippen LogP contribution in [0.3, 0.4) is 0 Å². The summed E-state index contributed by atoms with van der Waals surface area (Å²) >= 11 is 0. The van der Waals surface area contributed by atoms with Crippen molar-refractivity contribution in [3.8, 4) is 0 Å². The summed E-state index contributed by atoms with van der Waals surface area (Å²) in [6.07, 6.45) is 6.20. The van der Waals surface area contributed by atoms with E-state index in [9.17, 15) is 0 Å².